The largest absolute Gasteiger partial charge is 0.411 e. The van der Waals surface area contributed by atoms with E-state index >= 15 is 0 Å². The summed E-state index contributed by atoms with van der Waals surface area (Å²) in [5.41, 5.74) is 2.14. The molecular weight excluding hydrogens is 204 g/mol. The number of ketones is 1. The van der Waals surface area contributed by atoms with Crippen molar-refractivity contribution in [2.24, 2.45) is 5.16 Å². The fourth-order valence-electron chi connectivity index (χ4n) is 1.69. The molecule has 0 spiro atoms. The fourth-order valence-corrected chi connectivity index (χ4v) is 1.69. The van der Waals surface area contributed by atoms with Gasteiger partial charge in [-0.1, -0.05) is 23.4 Å². The van der Waals surface area contributed by atoms with Gasteiger partial charge < -0.3 is 10.2 Å². The molecule has 0 radical (unpaired) electrons. The molecule has 0 aliphatic carbocycles. The van der Waals surface area contributed by atoms with Crippen molar-refractivity contribution in [3.63, 3.8) is 0 Å². The Labute approximate surface area is 92.6 Å². The number of benzene rings is 1. The predicted octanol–water partition coefficient (Wildman–Crippen LogP) is 2.13. The van der Waals surface area contributed by atoms with Gasteiger partial charge in [-0.05, 0) is 11.6 Å². The number of hydrogen-bond donors (Lipinski definition) is 2. The molecule has 2 aromatic rings. The highest BCUT2D eigenvalue weighted by atomic mass is 16.4. The van der Waals surface area contributed by atoms with E-state index in [0.29, 0.717) is 6.42 Å². The zero-order chi connectivity index (χ0) is 11.5. The zero-order valence-electron chi connectivity index (χ0n) is 8.90. The molecule has 1 aromatic carbocycles. The number of Topliss-reactive ketones (excluding diaryl/α,β-unsaturated/α-hetero) is 1. The van der Waals surface area contributed by atoms with E-state index in [1.54, 1.807) is 0 Å². The average molecular weight is 216 g/mol. The summed E-state index contributed by atoms with van der Waals surface area (Å²) in [5.74, 6) is -0.215. The van der Waals surface area contributed by atoms with Crippen LogP contribution in [-0.2, 0) is 11.2 Å². The second kappa shape index (κ2) is 4.18. The molecule has 4 nitrogen and oxygen atoms in total. The molecule has 0 saturated heterocycles. The molecule has 0 aliphatic rings. The maximum absolute atomic E-state index is 11.1. The molecule has 2 rings (SSSR count). The van der Waals surface area contributed by atoms with E-state index in [0.717, 1.165) is 16.5 Å². The van der Waals surface area contributed by atoms with Gasteiger partial charge in [-0.2, -0.15) is 0 Å². The van der Waals surface area contributed by atoms with Gasteiger partial charge >= 0.3 is 0 Å². The molecule has 0 fully saturated rings. The lowest BCUT2D eigenvalue weighted by Crippen LogP contribution is -2.12. The molecule has 1 aromatic heterocycles. The third-order valence-corrected chi connectivity index (χ3v) is 2.56. The number of aromatic amines is 1. The molecule has 1 heterocycles. The number of para-hydroxylation sites is 1. The Kier molecular flexibility index (Phi) is 2.72. The molecule has 16 heavy (non-hydrogen) atoms. The first kappa shape index (κ1) is 10.4. The van der Waals surface area contributed by atoms with Crippen LogP contribution in [0, 0.1) is 0 Å². The average Bonchev–Trinajstić information content (AvgIpc) is 2.69. The number of aromatic nitrogens is 1. The van der Waals surface area contributed by atoms with Crippen molar-refractivity contribution in [3.05, 3.63) is 36.0 Å². The molecule has 0 aliphatic heterocycles. The first-order valence-corrected chi connectivity index (χ1v) is 4.99. The van der Waals surface area contributed by atoms with Crippen molar-refractivity contribution < 1.29 is 10.0 Å². The van der Waals surface area contributed by atoms with E-state index in [2.05, 4.69) is 10.1 Å². The number of nitrogens with one attached hydrogen (secondary N) is 1. The highest BCUT2D eigenvalue weighted by Crippen LogP contribution is 2.18. The minimum atomic E-state index is -0.215. The SMILES string of the molecule is CC(=O)/C(Cc1c[nH]c2ccccc12)=N\O. The van der Waals surface area contributed by atoms with Crippen LogP contribution < -0.4 is 0 Å². The molecule has 4 heteroatoms. The summed E-state index contributed by atoms with van der Waals surface area (Å²) < 4.78 is 0. The quantitative estimate of drug-likeness (QED) is 0.469. The third-order valence-electron chi connectivity index (χ3n) is 2.56. The van der Waals surface area contributed by atoms with Crippen LogP contribution in [0.4, 0.5) is 0 Å². The van der Waals surface area contributed by atoms with Crippen LogP contribution in [0.15, 0.2) is 35.6 Å². The second-order valence-corrected chi connectivity index (χ2v) is 3.64. The standard InChI is InChI=1S/C12H12N2O2/c1-8(15)12(14-16)6-9-7-13-11-5-3-2-4-10(9)11/h2-5,7,13,16H,6H2,1H3/b14-12-. The number of carbonyl (C=O) groups is 1. The van der Waals surface area contributed by atoms with E-state index in [4.69, 9.17) is 5.21 Å². The van der Waals surface area contributed by atoms with E-state index in [1.807, 2.05) is 30.5 Å². The van der Waals surface area contributed by atoms with Gasteiger partial charge in [-0.3, -0.25) is 4.79 Å². The van der Waals surface area contributed by atoms with E-state index in [1.165, 1.54) is 6.92 Å². The molecule has 0 atom stereocenters. The minimum absolute atomic E-state index is 0.171. The Bertz CT molecular complexity index is 555. The summed E-state index contributed by atoms with van der Waals surface area (Å²) >= 11 is 0. The summed E-state index contributed by atoms with van der Waals surface area (Å²) in [6.45, 7) is 1.39. The normalized spacial score (nSPS) is 11.9. The van der Waals surface area contributed by atoms with Crippen LogP contribution in [0.2, 0.25) is 0 Å². The number of fused-ring (bicyclic) bond motifs is 1. The summed E-state index contributed by atoms with van der Waals surface area (Å²) in [4.78, 5) is 14.2. The van der Waals surface area contributed by atoms with Crippen LogP contribution in [0.5, 0.6) is 0 Å². The van der Waals surface area contributed by atoms with E-state index in [9.17, 15) is 4.79 Å². The maximum Gasteiger partial charge on any atom is 0.177 e. The van der Waals surface area contributed by atoms with Gasteiger partial charge in [0.15, 0.2) is 5.78 Å². The lowest BCUT2D eigenvalue weighted by molar-refractivity contribution is -0.111. The Balaban J connectivity index is 2.38. The van der Waals surface area contributed by atoms with E-state index in [-0.39, 0.29) is 11.5 Å². The minimum Gasteiger partial charge on any atom is -0.411 e. The molecule has 2 N–H and O–H groups in total. The monoisotopic (exact) mass is 216 g/mol. The van der Waals surface area contributed by atoms with Gasteiger partial charge in [0, 0.05) is 30.4 Å². The summed E-state index contributed by atoms with van der Waals surface area (Å²) in [6.07, 6.45) is 2.18. The Morgan fingerprint density at radius 2 is 2.19 bits per heavy atom. The van der Waals surface area contributed by atoms with Crippen molar-refractivity contribution in [2.45, 2.75) is 13.3 Å². The number of hydrogen-bond acceptors (Lipinski definition) is 3. The summed E-state index contributed by atoms with van der Waals surface area (Å²) in [7, 11) is 0. The maximum atomic E-state index is 11.1. The molecule has 0 bridgehead atoms. The molecule has 0 unspecified atom stereocenters. The van der Waals surface area contributed by atoms with Crippen molar-refractivity contribution >= 4 is 22.4 Å². The lowest BCUT2D eigenvalue weighted by Gasteiger charge is -1.98. The second-order valence-electron chi connectivity index (χ2n) is 3.64. The van der Waals surface area contributed by atoms with Crippen LogP contribution in [-0.4, -0.2) is 21.7 Å². The Morgan fingerprint density at radius 3 is 2.88 bits per heavy atom. The topological polar surface area (TPSA) is 65.5 Å². The predicted molar refractivity (Wildman–Crippen MR) is 61.9 cm³/mol. The van der Waals surface area contributed by atoms with Crippen LogP contribution in [0.3, 0.4) is 0 Å². The number of nitrogens with zero attached hydrogens (tertiary/aromatic N) is 1. The third kappa shape index (κ3) is 1.82. The van der Waals surface area contributed by atoms with Gasteiger partial charge in [0.05, 0.1) is 0 Å². The zero-order valence-corrected chi connectivity index (χ0v) is 8.90. The van der Waals surface area contributed by atoms with Crippen LogP contribution >= 0.6 is 0 Å². The number of oxime groups is 1. The number of rotatable bonds is 3. The van der Waals surface area contributed by atoms with Crippen molar-refractivity contribution in [1.29, 1.82) is 0 Å². The summed E-state index contributed by atoms with van der Waals surface area (Å²) in [6, 6.07) is 7.80. The molecule has 0 amide bonds. The van der Waals surface area contributed by atoms with Gasteiger partial charge in [0.2, 0.25) is 0 Å². The van der Waals surface area contributed by atoms with Crippen LogP contribution in [0.25, 0.3) is 10.9 Å². The Morgan fingerprint density at radius 1 is 1.44 bits per heavy atom. The van der Waals surface area contributed by atoms with Crippen molar-refractivity contribution in [2.75, 3.05) is 0 Å². The highest BCUT2D eigenvalue weighted by Gasteiger charge is 2.11. The fraction of sp³-hybridized carbons (Fsp3) is 0.167. The number of H-pyrrole nitrogens is 1. The molecule has 0 saturated carbocycles. The first-order chi connectivity index (χ1) is 7.72. The highest BCUT2D eigenvalue weighted by molar-refractivity contribution is 6.39. The van der Waals surface area contributed by atoms with Crippen LogP contribution in [0.1, 0.15) is 12.5 Å². The molecule has 82 valence electrons. The summed E-state index contributed by atoms with van der Waals surface area (Å²) in [5, 5.41) is 12.8. The van der Waals surface area contributed by atoms with Gasteiger partial charge in [0.1, 0.15) is 5.71 Å². The van der Waals surface area contributed by atoms with Crippen molar-refractivity contribution in [3.8, 4) is 0 Å². The number of carbonyl (C=O) groups excluding carboxylic acids is 1. The Hall–Kier alpha value is -2.10. The van der Waals surface area contributed by atoms with E-state index < -0.39 is 0 Å². The van der Waals surface area contributed by atoms with Gasteiger partial charge in [0.25, 0.3) is 0 Å². The smallest absolute Gasteiger partial charge is 0.177 e. The van der Waals surface area contributed by atoms with Gasteiger partial charge in [-0.15, -0.1) is 0 Å². The van der Waals surface area contributed by atoms with Gasteiger partial charge in [-0.25, -0.2) is 0 Å². The van der Waals surface area contributed by atoms with Crippen molar-refractivity contribution in [1.82, 2.24) is 4.98 Å². The lowest BCUT2D eigenvalue weighted by atomic mass is 10.1. The first-order valence-electron chi connectivity index (χ1n) is 4.99. The molecular formula is C12H12N2O2.